The van der Waals surface area contributed by atoms with Crippen molar-refractivity contribution in [2.24, 2.45) is 0 Å². The van der Waals surface area contributed by atoms with Crippen LogP contribution >= 0.6 is 0 Å². The molecule has 5 aromatic rings. The van der Waals surface area contributed by atoms with Crippen LogP contribution in [0.4, 0.5) is 10.2 Å². The third kappa shape index (κ3) is 4.72. The molecule has 1 N–H and O–H groups in total. The molecule has 5 rings (SSSR count). The Hall–Kier alpha value is -4.12. The fourth-order valence-electron chi connectivity index (χ4n) is 3.90. The summed E-state index contributed by atoms with van der Waals surface area (Å²) in [5.74, 6) is 0.562. The number of anilines is 1. The molecule has 0 bridgehead atoms. The number of benzene rings is 2. The van der Waals surface area contributed by atoms with Crippen molar-refractivity contribution < 1.29 is 4.39 Å². The van der Waals surface area contributed by atoms with Crippen LogP contribution in [0.3, 0.4) is 0 Å². The van der Waals surface area contributed by atoms with Gasteiger partial charge >= 0.3 is 0 Å². The van der Waals surface area contributed by atoms with Crippen molar-refractivity contribution in [3.63, 3.8) is 0 Å². The van der Waals surface area contributed by atoms with E-state index in [9.17, 15) is 4.39 Å². The lowest BCUT2D eigenvalue weighted by molar-refractivity contribution is 0.628. The van der Waals surface area contributed by atoms with Crippen LogP contribution in [0.25, 0.3) is 33.2 Å². The smallest absolute Gasteiger partial charge is 0.135 e. The maximum atomic E-state index is 13.2. The molecule has 0 atom stereocenters. The van der Waals surface area contributed by atoms with Crippen LogP contribution in [0.15, 0.2) is 91.4 Å². The summed E-state index contributed by atoms with van der Waals surface area (Å²) in [4.78, 5) is 13.3. The average Bonchev–Trinajstić information content (AvgIpc) is 2.85. The zero-order chi connectivity index (χ0) is 22.6. The minimum absolute atomic E-state index is 0.252. The first-order chi connectivity index (χ1) is 16.2. The van der Waals surface area contributed by atoms with Gasteiger partial charge in [-0.1, -0.05) is 24.3 Å². The highest BCUT2D eigenvalue weighted by atomic mass is 19.1. The highest BCUT2D eigenvalue weighted by Crippen LogP contribution is 2.26. The number of aromatic nitrogens is 3. The predicted molar refractivity (Wildman–Crippen MR) is 132 cm³/mol. The average molecular weight is 435 g/mol. The Kier molecular flexibility index (Phi) is 5.77. The summed E-state index contributed by atoms with van der Waals surface area (Å²) in [5, 5.41) is 5.45. The van der Waals surface area contributed by atoms with Crippen molar-refractivity contribution in [1.82, 2.24) is 15.0 Å². The summed E-state index contributed by atoms with van der Waals surface area (Å²) in [7, 11) is 0. The summed E-state index contributed by atoms with van der Waals surface area (Å²) in [6.07, 6.45) is 6.35. The van der Waals surface area contributed by atoms with Gasteiger partial charge in [0.05, 0.1) is 5.69 Å². The van der Waals surface area contributed by atoms with E-state index in [-0.39, 0.29) is 5.82 Å². The SMILES string of the molecule is Cc1cc(-c2ccc(CCNc3nccc4cc(-c5ccc(F)cc5)ncc34)cc2)ccn1. The molecule has 0 radical (unpaired) electrons. The zero-order valence-corrected chi connectivity index (χ0v) is 18.3. The number of halogens is 1. The molecular weight excluding hydrogens is 411 g/mol. The maximum absolute atomic E-state index is 13.2. The maximum Gasteiger partial charge on any atom is 0.135 e. The minimum Gasteiger partial charge on any atom is -0.369 e. The van der Waals surface area contributed by atoms with Crippen LogP contribution in [0.2, 0.25) is 0 Å². The fraction of sp³-hybridized carbons (Fsp3) is 0.107. The van der Waals surface area contributed by atoms with Gasteiger partial charge in [0.25, 0.3) is 0 Å². The first-order valence-electron chi connectivity index (χ1n) is 10.9. The van der Waals surface area contributed by atoms with Gasteiger partial charge in [0, 0.05) is 41.8 Å². The second kappa shape index (κ2) is 9.17. The van der Waals surface area contributed by atoms with Crippen LogP contribution < -0.4 is 5.32 Å². The number of aryl methyl sites for hydroxylation is 1. The van der Waals surface area contributed by atoms with Crippen molar-refractivity contribution in [2.75, 3.05) is 11.9 Å². The van der Waals surface area contributed by atoms with E-state index in [4.69, 9.17) is 0 Å². The molecule has 0 saturated heterocycles. The Morgan fingerprint density at radius 3 is 2.30 bits per heavy atom. The number of rotatable bonds is 6. The number of fused-ring (bicyclic) bond motifs is 1. The van der Waals surface area contributed by atoms with E-state index in [0.717, 1.165) is 46.5 Å². The summed E-state index contributed by atoms with van der Waals surface area (Å²) in [5.41, 5.74) is 6.34. The predicted octanol–water partition coefficient (Wildman–Crippen LogP) is 6.46. The van der Waals surface area contributed by atoms with E-state index in [1.165, 1.54) is 28.8 Å². The first-order valence-corrected chi connectivity index (χ1v) is 10.9. The molecule has 33 heavy (non-hydrogen) atoms. The molecule has 4 nitrogen and oxygen atoms in total. The molecule has 3 aromatic heterocycles. The Morgan fingerprint density at radius 2 is 1.52 bits per heavy atom. The van der Waals surface area contributed by atoms with Crippen LogP contribution in [-0.2, 0) is 6.42 Å². The van der Waals surface area contributed by atoms with Gasteiger partial charge in [0.2, 0.25) is 0 Å². The third-order valence-electron chi connectivity index (χ3n) is 5.68. The molecule has 0 fully saturated rings. The highest BCUT2D eigenvalue weighted by Gasteiger charge is 2.07. The molecule has 0 unspecified atom stereocenters. The second-order valence-corrected chi connectivity index (χ2v) is 8.02. The van der Waals surface area contributed by atoms with Crippen LogP contribution in [0.1, 0.15) is 11.3 Å². The van der Waals surface area contributed by atoms with Gasteiger partial charge < -0.3 is 5.32 Å². The number of hydrogen-bond donors (Lipinski definition) is 1. The van der Waals surface area contributed by atoms with Gasteiger partial charge in [-0.25, -0.2) is 9.37 Å². The summed E-state index contributed by atoms with van der Waals surface area (Å²) in [6.45, 7) is 2.77. The zero-order valence-electron chi connectivity index (χ0n) is 18.3. The van der Waals surface area contributed by atoms with Crippen molar-refractivity contribution in [3.8, 4) is 22.4 Å². The van der Waals surface area contributed by atoms with Crippen LogP contribution in [-0.4, -0.2) is 21.5 Å². The van der Waals surface area contributed by atoms with E-state index in [1.807, 2.05) is 37.5 Å². The topological polar surface area (TPSA) is 50.7 Å². The van der Waals surface area contributed by atoms with Crippen LogP contribution in [0.5, 0.6) is 0 Å². The number of nitrogens with one attached hydrogen (secondary N) is 1. The monoisotopic (exact) mass is 434 g/mol. The standard InChI is InChI=1S/C28H23FN4/c1-19-16-23(11-14-30-19)21-4-2-20(3-5-21)10-13-31-28-26-18-33-27(17-24(26)12-15-32-28)22-6-8-25(29)9-7-22/h2-9,11-12,14-18H,10,13H2,1H3,(H,31,32). The van der Waals surface area contributed by atoms with E-state index in [2.05, 4.69) is 50.6 Å². The van der Waals surface area contributed by atoms with E-state index in [0.29, 0.717) is 0 Å². The number of pyridine rings is 3. The largest absolute Gasteiger partial charge is 0.369 e. The van der Waals surface area contributed by atoms with Crippen molar-refractivity contribution >= 4 is 16.6 Å². The number of hydrogen-bond acceptors (Lipinski definition) is 4. The van der Waals surface area contributed by atoms with Crippen molar-refractivity contribution in [3.05, 3.63) is 108 Å². The van der Waals surface area contributed by atoms with Gasteiger partial charge in [0.15, 0.2) is 0 Å². The van der Waals surface area contributed by atoms with Crippen LogP contribution in [0, 0.1) is 12.7 Å². The van der Waals surface area contributed by atoms with Gasteiger partial charge in [-0.2, -0.15) is 0 Å². The van der Waals surface area contributed by atoms with E-state index in [1.54, 1.807) is 18.3 Å². The normalized spacial score (nSPS) is 11.0. The van der Waals surface area contributed by atoms with Gasteiger partial charge in [-0.3, -0.25) is 9.97 Å². The van der Waals surface area contributed by atoms with E-state index >= 15 is 0 Å². The molecule has 0 aliphatic heterocycles. The highest BCUT2D eigenvalue weighted by molar-refractivity contribution is 5.93. The van der Waals surface area contributed by atoms with Gasteiger partial charge in [-0.15, -0.1) is 0 Å². The minimum atomic E-state index is -0.252. The molecule has 0 amide bonds. The molecular formula is C28H23FN4. The summed E-state index contributed by atoms with van der Waals surface area (Å²) >= 11 is 0. The molecule has 2 aromatic carbocycles. The third-order valence-corrected chi connectivity index (χ3v) is 5.68. The van der Waals surface area contributed by atoms with Crippen molar-refractivity contribution in [2.45, 2.75) is 13.3 Å². The first kappa shape index (κ1) is 20.8. The summed E-state index contributed by atoms with van der Waals surface area (Å²) < 4.78 is 13.2. The fourth-order valence-corrected chi connectivity index (χ4v) is 3.90. The summed E-state index contributed by atoms with van der Waals surface area (Å²) in [6, 6.07) is 23.1. The molecule has 3 heterocycles. The van der Waals surface area contributed by atoms with Crippen molar-refractivity contribution in [1.29, 1.82) is 0 Å². The van der Waals surface area contributed by atoms with Gasteiger partial charge in [-0.05, 0) is 84.0 Å². The van der Waals surface area contributed by atoms with Gasteiger partial charge in [0.1, 0.15) is 11.6 Å². The lowest BCUT2D eigenvalue weighted by Gasteiger charge is -2.10. The lowest BCUT2D eigenvalue weighted by Crippen LogP contribution is -2.06. The molecule has 5 heteroatoms. The molecule has 0 aliphatic rings. The molecule has 0 aliphatic carbocycles. The Morgan fingerprint density at radius 1 is 0.758 bits per heavy atom. The molecule has 0 spiro atoms. The second-order valence-electron chi connectivity index (χ2n) is 8.02. The Bertz CT molecular complexity index is 1400. The molecule has 0 saturated carbocycles. The van der Waals surface area contributed by atoms with E-state index < -0.39 is 0 Å². The molecule has 162 valence electrons. The Labute approximate surface area is 192 Å². The number of nitrogens with zero attached hydrogens (tertiary/aromatic N) is 3. The quantitative estimate of drug-likeness (QED) is 0.333. The lowest BCUT2D eigenvalue weighted by atomic mass is 10.0. The Balaban J connectivity index is 1.27.